The van der Waals surface area contributed by atoms with E-state index in [1.807, 2.05) is 0 Å². The number of aliphatic imine (C=N–C) groups is 1. The maximum absolute atomic E-state index is 10.2. The van der Waals surface area contributed by atoms with Crippen LogP contribution in [0.3, 0.4) is 0 Å². The van der Waals surface area contributed by atoms with Crippen LogP contribution >= 0.6 is 0 Å². The number of nitrogens with zero attached hydrogens (tertiary/aromatic N) is 1. The molecule has 1 rings (SSSR count). The van der Waals surface area contributed by atoms with E-state index in [4.69, 9.17) is 0 Å². The molecule has 1 atom stereocenters. The third-order valence-electron chi connectivity index (χ3n) is 3.00. The van der Waals surface area contributed by atoms with E-state index in [2.05, 4.69) is 11.9 Å². The summed E-state index contributed by atoms with van der Waals surface area (Å²) in [4.78, 5) is 14.2. The zero-order chi connectivity index (χ0) is 9.52. The van der Waals surface area contributed by atoms with Gasteiger partial charge in [-0.1, -0.05) is 32.6 Å². The molecule has 1 aliphatic rings. The first-order chi connectivity index (χ1) is 6.38. The van der Waals surface area contributed by atoms with Crippen LogP contribution in [0.4, 0.5) is 0 Å². The molecule has 0 N–H and O–H groups in total. The molecular formula is C11H19NO. The topological polar surface area (TPSA) is 29.4 Å². The first-order valence-corrected chi connectivity index (χ1v) is 5.45. The maximum atomic E-state index is 10.2. The number of hydrogen-bond donors (Lipinski definition) is 0. The van der Waals surface area contributed by atoms with Gasteiger partial charge >= 0.3 is 0 Å². The second-order valence-corrected chi connectivity index (χ2v) is 3.97. The predicted molar refractivity (Wildman–Crippen MR) is 53.4 cm³/mol. The molecule has 0 aromatic rings. The lowest BCUT2D eigenvalue weighted by atomic mass is 9.82. The number of rotatable bonds is 4. The summed E-state index contributed by atoms with van der Waals surface area (Å²) in [5, 5.41) is 0. The summed E-state index contributed by atoms with van der Waals surface area (Å²) >= 11 is 0. The van der Waals surface area contributed by atoms with Gasteiger partial charge in [-0.3, -0.25) is 0 Å². The van der Waals surface area contributed by atoms with E-state index in [0.717, 1.165) is 12.8 Å². The SMILES string of the molecule is CCCC(N=C=O)C1CCCCC1. The molecule has 0 radical (unpaired) electrons. The zero-order valence-corrected chi connectivity index (χ0v) is 8.46. The zero-order valence-electron chi connectivity index (χ0n) is 8.46. The molecule has 1 saturated carbocycles. The van der Waals surface area contributed by atoms with E-state index >= 15 is 0 Å². The Morgan fingerprint density at radius 3 is 2.62 bits per heavy atom. The highest BCUT2D eigenvalue weighted by Gasteiger charge is 2.22. The normalized spacial score (nSPS) is 20.7. The molecule has 1 fully saturated rings. The minimum absolute atomic E-state index is 0.266. The highest BCUT2D eigenvalue weighted by atomic mass is 16.1. The summed E-state index contributed by atoms with van der Waals surface area (Å²) in [6.45, 7) is 2.15. The molecular weight excluding hydrogens is 162 g/mol. The Morgan fingerprint density at radius 2 is 2.08 bits per heavy atom. The number of isocyanates is 1. The molecule has 0 aromatic heterocycles. The van der Waals surface area contributed by atoms with E-state index in [-0.39, 0.29) is 6.04 Å². The monoisotopic (exact) mass is 181 g/mol. The third-order valence-corrected chi connectivity index (χ3v) is 3.00. The van der Waals surface area contributed by atoms with Gasteiger partial charge in [-0.05, 0) is 25.2 Å². The largest absolute Gasteiger partial charge is 0.235 e. The van der Waals surface area contributed by atoms with Crippen molar-refractivity contribution < 1.29 is 4.79 Å². The van der Waals surface area contributed by atoms with Crippen molar-refractivity contribution >= 4 is 6.08 Å². The van der Waals surface area contributed by atoms with Crippen molar-refractivity contribution in [3.05, 3.63) is 0 Å². The van der Waals surface area contributed by atoms with Gasteiger partial charge in [0.2, 0.25) is 6.08 Å². The minimum atomic E-state index is 0.266. The minimum Gasteiger partial charge on any atom is -0.211 e. The van der Waals surface area contributed by atoms with Gasteiger partial charge < -0.3 is 0 Å². The van der Waals surface area contributed by atoms with E-state index < -0.39 is 0 Å². The molecule has 13 heavy (non-hydrogen) atoms. The molecule has 2 heteroatoms. The fourth-order valence-corrected chi connectivity index (χ4v) is 2.29. The summed E-state index contributed by atoms with van der Waals surface area (Å²) < 4.78 is 0. The fraction of sp³-hybridized carbons (Fsp3) is 0.909. The maximum Gasteiger partial charge on any atom is 0.235 e. The fourth-order valence-electron chi connectivity index (χ4n) is 2.29. The third kappa shape index (κ3) is 3.31. The van der Waals surface area contributed by atoms with Crippen LogP contribution in [0.5, 0.6) is 0 Å². The molecule has 0 saturated heterocycles. The second-order valence-electron chi connectivity index (χ2n) is 3.97. The summed E-state index contributed by atoms with van der Waals surface area (Å²) in [5.74, 6) is 0.662. The van der Waals surface area contributed by atoms with Gasteiger partial charge in [-0.15, -0.1) is 0 Å². The van der Waals surface area contributed by atoms with Gasteiger partial charge in [0.25, 0.3) is 0 Å². The molecule has 2 nitrogen and oxygen atoms in total. The van der Waals surface area contributed by atoms with Crippen LogP contribution in [-0.4, -0.2) is 12.1 Å². The van der Waals surface area contributed by atoms with Crippen LogP contribution in [0.1, 0.15) is 51.9 Å². The van der Waals surface area contributed by atoms with E-state index in [0.29, 0.717) is 5.92 Å². The molecule has 0 bridgehead atoms. The van der Waals surface area contributed by atoms with Crippen molar-refractivity contribution in [2.45, 2.75) is 57.9 Å². The molecule has 1 unspecified atom stereocenters. The van der Waals surface area contributed by atoms with Gasteiger partial charge in [0.1, 0.15) is 0 Å². The van der Waals surface area contributed by atoms with E-state index in [1.54, 1.807) is 6.08 Å². The molecule has 0 aromatic carbocycles. The first-order valence-electron chi connectivity index (χ1n) is 5.45. The average molecular weight is 181 g/mol. The van der Waals surface area contributed by atoms with Gasteiger partial charge in [0.05, 0.1) is 6.04 Å². The van der Waals surface area contributed by atoms with E-state index in [1.165, 1.54) is 32.1 Å². The summed E-state index contributed by atoms with van der Waals surface area (Å²) in [6, 6.07) is 0.266. The molecule has 1 aliphatic carbocycles. The molecule has 0 amide bonds. The predicted octanol–water partition coefficient (Wildman–Crippen LogP) is 3.07. The Bertz CT molecular complexity index is 179. The molecule has 74 valence electrons. The van der Waals surface area contributed by atoms with Crippen LogP contribution in [-0.2, 0) is 4.79 Å². The van der Waals surface area contributed by atoms with Crippen LogP contribution in [0, 0.1) is 5.92 Å². The lowest BCUT2D eigenvalue weighted by Crippen LogP contribution is -2.21. The summed E-state index contributed by atoms with van der Waals surface area (Å²) in [7, 11) is 0. The highest BCUT2D eigenvalue weighted by Crippen LogP contribution is 2.29. The Balaban J connectivity index is 2.45. The van der Waals surface area contributed by atoms with Crippen molar-refractivity contribution in [2.24, 2.45) is 10.9 Å². The average Bonchev–Trinajstić information content (AvgIpc) is 2.19. The molecule has 0 spiro atoms. The summed E-state index contributed by atoms with van der Waals surface area (Å²) in [5.41, 5.74) is 0. The van der Waals surface area contributed by atoms with Gasteiger partial charge in [0, 0.05) is 0 Å². The lowest BCUT2D eigenvalue weighted by Gasteiger charge is -2.26. The van der Waals surface area contributed by atoms with Gasteiger partial charge in [-0.25, -0.2) is 9.79 Å². The van der Waals surface area contributed by atoms with Crippen molar-refractivity contribution in [1.82, 2.24) is 0 Å². The Morgan fingerprint density at radius 1 is 1.38 bits per heavy atom. The van der Waals surface area contributed by atoms with Gasteiger partial charge in [-0.2, -0.15) is 0 Å². The smallest absolute Gasteiger partial charge is 0.211 e. The highest BCUT2D eigenvalue weighted by molar-refractivity contribution is 5.33. The Kier molecular flexibility index (Phi) is 4.77. The standard InChI is InChI=1S/C11H19NO/c1-2-6-11(12-9-13)10-7-4-3-5-8-10/h10-11H,2-8H2,1H3. The van der Waals surface area contributed by atoms with Crippen LogP contribution in [0.25, 0.3) is 0 Å². The molecule has 0 heterocycles. The van der Waals surface area contributed by atoms with Crippen molar-refractivity contribution in [2.75, 3.05) is 0 Å². The Labute approximate surface area is 80.4 Å². The van der Waals surface area contributed by atoms with Crippen LogP contribution in [0.2, 0.25) is 0 Å². The van der Waals surface area contributed by atoms with Crippen molar-refractivity contribution in [1.29, 1.82) is 0 Å². The van der Waals surface area contributed by atoms with Crippen molar-refractivity contribution in [3.63, 3.8) is 0 Å². The second kappa shape index (κ2) is 5.93. The Hall–Kier alpha value is -0.620. The quantitative estimate of drug-likeness (QED) is 0.484. The first kappa shape index (κ1) is 10.5. The van der Waals surface area contributed by atoms with Crippen molar-refractivity contribution in [3.8, 4) is 0 Å². The number of hydrogen-bond acceptors (Lipinski definition) is 2. The summed E-state index contributed by atoms with van der Waals surface area (Å²) in [6.07, 6.45) is 10.4. The lowest BCUT2D eigenvalue weighted by molar-refractivity contribution is 0.294. The van der Waals surface area contributed by atoms with Crippen LogP contribution in [0.15, 0.2) is 4.99 Å². The number of carbonyl (C=O) groups excluding carboxylic acids is 1. The molecule has 0 aliphatic heterocycles. The van der Waals surface area contributed by atoms with E-state index in [9.17, 15) is 4.79 Å². The van der Waals surface area contributed by atoms with Crippen LogP contribution < -0.4 is 0 Å². The van der Waals surface area contributed by atoms with Gasteiger partial charge in [0.15, 0.2) is 0 Å².